The van der Waals surface area contributed by atoms with E-state index in [1.807, 2.05) is 0 Å². The van der Waals surface area contributed by atoms with Crippen molar-refractivity contribution in [2.75, 3.05) is 5.32 Å². The summed E-state index contributed by atoms with van der Waals surface area (Å²) in [4.78, 5) is 21.4. The number of para-hydroxylation sites is 1. The number of nitrogens with one attached hydrogen (secondary N) is 2. The molecular formula is C10H13N3O4. The molecule has 0 radical (unpaired) electrons. The number of anilines is 1. The smallest absolute Gasteiger partial charge is 0.319 e. The molecule has 3 N–H and O–H groups in total. The Morgan fingerprint density at radius 1 is 1.47 bits per heavy atom. The molecule has 0 bridgehead atoms. The van der Waals surface area contributed by atoms with Crippen LogP contribution < -0.4 is 10.6 Å². The van der Waals surface area contributed by atoms with Crippen LogP contribution in [0.2, 0.25) is 0 Å². The van der Waals surface area contributed by atoms with E-state index in [0.717, 1.165) is 0 Å². The molecule has 7 nitrogen and oxygen atoms in total. The number of phenols is 1. The highest BCUT2D eigenvalue weighted by Gasteiger charge is 2.19. The Balaban J connectivity index is 2.97. The summed E-state index contributed by atoms with van der Waals surface area (Å²) in [7, 11) is 0. The van der Waals surface area contributed by atoms with Crippen LogP contribution in [0.3, 0.4) is 0 Å². The van der Waals surface area contributed by atoms with Crippen LogP contribution in [-0.4, -0.2) is 22.1 Å². The van der Waals surface area contributed by atoms with Gasteiger partial charge >= 0.3 is 6.03 Å². The second-order valence-electron chi connectivity index (χ2n) is 3.68. The summed E-state index contributed by atoms with van der Waals surface area (Å²) in [6.45, 7) is 3.50. The normalized spacial score (nSPS) is 10.1. The van der Waals surface area contributed by atoms with Gasteiger partial charge in [-0.3, -0.25) is 15.4 Å². The summed E-state index contributed by atoms with van der Waals surface area (Å²) < 4.78 is 0. The molecular weight excluding hydrogens is 226 g/mol. The fraction of sp³-hybridized carbons (Fsp3) is 0.300. The fourth-order valence-corrected chi connectivity index (χ4v) is 1.22. The van der Waals surface area contributed by atoms with Gasteiger partial charge in [-0.05, 0) is 19.9 Å². The minimum absolute atomic E-state index is 0.111. The Morgan fingerprint density at radius 2 is 2.12 bits per heavy atom. The number of carbonyl (C=O) groups is 1. The van der Waals surface area contributed by atoms with Crippen LogP contribution in [0.1, 0.15) is 13.8 Å². The van der Waals surface area contributed by atoms with Gasteiger partial charge in [0.15, 0.2) is 5.69 Å². The number of aromatic hydroxyl groups is 1. The zero-order valence-electron chi connectivity index (χ0n) is 9.43. The van der Waals surface area contributed by atoms with Crippen molar-refractivity contribution in [3.63, 3.8) is 0 Å². The van der Waals surface area contributed by atoms with Crippen LogP contribution in [0, 0.1) is 10.1 Å². The lowest BCUT2D eigenvalue weighted by molar-refractivity contribution is -0.384. The molecule has 2 amide bonds. The Kier molecular flexibility index (Phi) is 3.86. The van der Waals surface area contributed by atoms with Crippen molar-refractivity contribution in [3.05, 3.63) is 28.3 Å². The van der Waals surface area contributed by atoms with Gasteiger partial charge < -0.3 is 10.4 Å². The number of nitrogens with zero attached hydrogens (tertiary/aromatic N) is 1. The number of nitro groups is 1. The van der Waals surface area contributed by atoms with Crippen molar-refractivity contribution in [2.24, 2.45) is 0 Å². The van der Waals surface area contributed by atoms with Crippen molar-refractivity contribution in [2.45, 2.75) is 19.9 Å². The molecule has 0 aromatic heterocycles. The first kappa shape index (κ1) is 12.8. The number of carbonyl (C=O) groups excluding carboxylic acids is 1. The highest BCUT2D eigenvalue weighted by atomic mass is 16.6. The van der Waals surface area contributed by atoms with Crippen LogP contribution in [-0.2, 0) is 0 Å². The number of hydrogen-bond donors (Lipinski definition) is 3. The van der Waals surface area contributed by atoms with Crippen molar-refractivity contribution in [1.29, 1.82) is 0 Å². The van der Waals surface area contributed by atoms with E-state index in [1.54, 1.807) is 13.8 Å². The highest BCUT2D eigenvalue weighted by Crippen LogP contribution is 2.32. The van der Waals surface area contributed by atoms with Gasteiger partial charge in [0.25, 0.3) is 5.69 Å². The van der Waals surface area contributed by atoms with Crippen LogP contribution in [0.15, 0.2) is 18.2 Å². The second-order valence-corrected chi connectivity index (χ2v) is 3.68. The van der Waals surface area contributed by atoms with E-state index in [4.69, 9.17) is 0 Å². The first-order chi connectivity index (χ1) is 7.91. The summed E-state index contributed by atoms with van der Waals surface area (Å²) in [5, 5.41) is 24.9. The molecule has 0 aliphatic carbocycles. The van der Waals surface area contributed by atoms with Crippen LogP contribution >= 0.6 is 0 Å². The van der Waals surface area contributed by atoms with E-state index < -0.39 is 11.0 Å². The van der Waals surface area contributed by atoms with Crippen LogP contribution in [0.5, 0.6) is 5.75 Å². The van der Waals surface area contributed by atoms with Gasteiger partial charge in [0.05, 0.1) is 4.92 Å². The molecule has 1 aromatic carbocycles. The number of hydrogen-bond acceptors (Lipinski definition) is 4. The number of nitro benzene ring substituents is 1. The molecule has 0 aliphatic heterocycles. The number of amides is 2. The Hall–Kier alpha value is -2.31. The standard InChI is InChI=1S/C10H13N3O4/c1-6(2)11-10(15)12-9-7(13(16)17)4-3-5-8(9)14/h3-6,14H,1-2H3,(H2,11,12,15). The second kappa shape index (κ2) is 5.15. The summed E-state index contributed by atoms with van der Waals surface area (Å²) in [6, 6.07) is 3.08. The molecule has 92 valence electrons. The van der Waals surface area contributed by atoms with E-state index >= 15 is 0 Å². The lowest BCUT2D eigenvalue weighted by atomic mass is 10.2. The molecule has 0 fully saturated rings. The molecule has 7 heteroatoms. The van der Waals surface area contributed by atoms with Crippen molar-refractivity contribution in [1.82, 2.24) is 5.32 Å². The molecule has 0 spiro atoms. The lowest BCUT2D eigenvalue weighted by Gasteiger charge is -2.11. The van der Waals surface area contributed by atoms with E-state index in [-0.39, 0.29) is 23.2 Å². The Morgan fingerprint density at radius 3 is 2.65 bits per heavy atom. The number of benzene rings is 1. The average Bonchev–Trinajstić information content (AvgIpc) is 2.19. The maximum absolute atomic E-state index is 11.4. The van der Waals surface area contributed by atoms with Gasteiger partial charge in [-0.1, -0.05) is 6.07 Å². The Bertz CT molecular complexity index is 445. The first-order valence-corrected chi connectivity index (χ1v) is 4.95. The molecule has 0 unspecified atom stereocenters. The third-order valence-electron chi connectivity index (χ3n) is 1.88. The highest BCUT2D eigenvalue weighted by molar-refractivity contribution is 5.93. The zero-order chi connectivity index (χ0) is 13.0. The molecule has 1 aromatic rings. The Labute approximate surface area is 97.6 Å². The van der Waals surface area contributed by atoms with Gasteiger partial charge in [-0.15, -0.1) is 0 Å². The van der Waals surface area contributed by atoms with Crippen molar-refractivity contribution < 1.29 is 14.8 Å². The van der Waals surface area contributed by atoms with Gasteiger partial charge in [-0.25, -0.2) is 4.79 Å². The number of rotatable bonds is 3. The zero-order valence-corrected chi connectivity index (χ0v) is 9.43. The fourth-order valence-electron chi connectivity index (χ4n) is 1.22. The van der Waals surface area contributed by atoms with Crippen molar-refractivity contribution >= 4 is 17.4 Å². The van der Waals surface area contributed by atoms with E-state index in [9.17, 15) is 20.0 Å². The molecule has 17 heavy (non-hydrogen) atoms. The molecule has 0 saturated carbocycles. The minimum Gasteiger partial charge on any atom is -0.505 e. The maximum atomic E-state index is 11.4. The topological polar surface area (TPSA) is 104 Å². The molecule has 0 heterocycles. The van der Waals surface area contributed by atoms with Gasteiger partial charge in [0.2, 0.25) is 0 Å². The third-order valence-corrected chi connectivity index (χ3v) is 1.88. The van der Waals surface area contributed by atoms with Crippen LogP contribution in [0.4, 0.5) is 16.2 Å². The van der Waals surface area contributed by atoms with Crippen molar-refractivity contribution in [3.8, 4) is 5.75 Å². The molecule has 0 aliphatic rings. The quantitative estimate of drug-likeness (QED) is 0.425. The SMILES string of the molecule is CC(C)NC(=O)Nc1c(O)cccc1[N+](=O)[O-]. The predicted octanol–water partition coefficient (Wildman–Crippen LogP) is 1.83. The number of phenolic OH excluding ortho intramolecular Hbond substituents is 1. The number of urea groups is 1. The molecule has 1 rings (SSSR count). The van der Waals surface area contributed by atoms with Gasteiger partial charge in [0.1, 0.15) is 5.75 Å². The molecule has 0 saturated heterocycles. The average molecular weight is 239 g/mol. The molecule has 0 atom stereocenters. The largest absolute Gasteiger partial charge is 0.505 e. The van der Waals surface area contributed by atoms with Gasteiger partial charge in [0, 0.05) is 12.1 Å². The van der Waals surface area contributed by atoms with Crippen LogP contribution in [0.25, 0.3) is 0 Å². The summed E-state index contributed by atoms with van der Waals surface area (Å²) in [5.74, 6) is -0.349. The van der Waals surface area contributed by atoms with E-state index in [2.05, 4.69) is 10.6 Å². The first-order valence-electron chi connectivity index (χ1n) is 4.95. The van der Waals surface area contributed by atoms with E-state index in [1.165, 1.54) is 18.2 Å². The predicted molar refractivity (Wildman–Crippen MR) is 62.1 cm³/mol. The minimum atomic E-state index is -0.676. The summed E-state index contributed by atoms with van der Waals surface area (Å²) in [5.41, 5.74) is -0.570. The third kappa shape index (κ3) is 3.33. The maximum Gasteiger partial charge on any atom is 0.319 e. The lowest BCUT2D eigenvalue weighted by Crippen LogP contribution is -2.34. The van der Waals surface area contributed by atoms with Gasteiger partial charge in [-0.2, -0.15) is 0 Å². The summed E-state index contributed by atoms with van der Waals surface area (Å²) >= 11 is 0. The summed E-state index contributed by atoms with van der Waals surface area (Å²) in [6.07, 6.45) is 0. The van der Waals surface area contributed by atoms with E-state index in [0.29, 0.717) is 0 Å². The monoisotopic (exact) mass is 239 g/mol.